The molecule has 4 atom stereocenters. The van der Waals surface area contributed by atoms with Gasteiger partial charge >= 0.3 is 0 Å². The van der Waals surface area contributed by atoms with Gasteiger partial charge in [0.1, 0.15) is 9.84 Å². The fourth-order valence-electron chi connectivity index (χ4n) is 3.29. The quantitative estimate of drug-likeness (QED) is 0.839. The van der Waals surface area contributed by atoms with Gasteiger partial charge in [-0.2, -0.15) is 0 Å². The van der Waals surface area contributed by atoms with Crippen molar-refractivity contribution in [1.82, 2.24) is 0 Å². The van der Waals surface area contributed by atoms with Crippen LogP contribution in [0, 0.1) is 17.8 Å². The molecule has 0 bridgehead atoms. The normalized spacial score (nSPS) is 34.3. The molecule has 0 saturated heterocycles. The summed E-state index contributed by atoms with van der Waals surface area (Å²) in [5.41, 5.74) is 6.34. The molecular formula is C13H25NO2S. The minimum Gasteiger partial charge on any atom is -0.327 e. The Morgan fingerprint density at radius 1 is 1.12 bits per heavy atom. The average molecular weight is 259 g/mol. The largest absolute Gasteiger partial charge is 0.327 e. The zero-order valence-electron chi connectivity index (χ0n) is 10.9. The molecule has 17 heavy (non-hydrogen) atoms. The molecular weight excluding hydrogens is 234 g/mol. The van der Waals surface area contributed by atoms with Gasteiger partial charge in [0, 0.05) is 12.3 Å². The van der Waals surface area contributed by atoms with Gasteiger partial charge in [0.15, 0.2) is 0 Å². The van der Waals surface area contributed by atoms with Crippen molar-refractivity contribution >= 4 is 9.84 Å². The fraction of sp³-hybridized carbons (Fsp3) is 1.00. The summed E-state index contributed by atoms with van der Waals surface area (Å²) in [6.45, 7) is 2.24. The van der Waals surface area contributed by atoms with Gasteiger partial charge < -0.3 is 5.73 Å². The molecule has 100 valence electrons. The van der Waals surface area contributed by atoms with Crippen molar-refractivity contribution in [3.63, 3.8) is 0 Å². The summed E-state index contributed by atoms with van der Waals surface area (Å²) in [6, 6.07) is 0.201. The van der Waals surface area contributed by atoms with Crippen LogP contribution in [0.1, 0.15) is 45.4 Å². The molecule has 0 heterocycles. The molecule has 2 N–H and O–H groups in total. The lowest BCUT2D eigenvalue weighted by atomic mass is 9.78. The number of nitrogens with two attached hydrogens (primary N) is 1. The first-order valence-electron chi connectivity index (χ1n) is 6.84. The topological polar surface area (TPSA) is 60.2 Å². The van der Waals surface area contributed by atoms with Crippen LogP contribution in [0.3, 0.4) is 0 Å². The molecule has 0 aromatic rings. The summed E-state index contributed by atoms with van der Waals surface area (Å²) in [7, 11) is -2.88. The summed E-state index contributed by atoms with van der Waals surface area (Å²) in [6.07, 6.45) is 7.76. The molecule has 3 nitrogen and oxygen atoms in total. The van der Waals surface area contributed by atoms with Gasteiger partial charge in [-0.1, -0.05) is 13.3 Å². The van der Waals surface area contributed by atoms with E-state index >= 15 is 0 Å². The lowest BCUT2D eigenvalue weighted by Gasteiger charge is -2.35. The van der Waals surface area contributed by atoms with Crippen LogP contribution >= 0.6 is 0 Å². The second-order valence-corrected chi connectivity index (χ2v) is 8.48. The third-order valence-electron chi connectivity index (χ3n) is 4.79. The molecule has 2 saturated carbocycles. The molecule has 2 aliphatic carbocycles. The Balaban J connectivity index is 1.96. The maximum Gasteiger partial charge on any atom is 0.150 e. The minimum absolute atomic E-state index is 0.140. The monoisotopic (exact) mass is 259 g/mol. The van der Waals surface area contributed by atoms with Crippen LogP contribution in [0.4, 0.5) is 0 Å². The Morgan fingerprint density at radius 3 is 2.29 bits per heavy atom. The summed E-state index contributed by atoms with van der Waals surface area (Å²) in [5, 5.41) is -0.140. The van der Waals surface area contributed by atoms with Crippen molar-refractivity contribution in [3.05, 3.63) is 0 Å². The van der Waals surface area contributed by atoms with Crippen molar-refractivity contribution in [2.75, 3.05) is 6.26 Å². The highest BCUT2D eigenvalue weighted by atomic mass is 32.2. The molecule has 0 aliphatic heterocycles. The van der Waals surface area contributed by atoms with Crippen molar-refractivity contribution in [2.45, 2.75) is 56.7 Å². The number of hydrogen-bond acceptors (Lipinski definition) is 3. The van der Waals surface area contributed by atoms with Crippen molar-refractivity contribution in [2.24, 2.45) is 23.5 Å². The molecule has 2 rings (SSSR count). The van der Waals surface area contributed by atoms with Gasteiger partial charge in [0.2, 0.25) is 0 Å². The summed E-state index contributed by atoms with van der Waals surface area (Å²) < 4.78 is 23.3. The van der Waals surface area contributed by atoms with E-state index in [1.54, 1.807) is 0 Å². The summed E-state index contributed by atoms with van der Waals surface area (Å²) in [4.78, 5) is 0. The van der Waals surface area contributed by atoms with Crippen LogP contribution in [0.15, 0.2) is 0 Å². The Bertz CT molecular complexity index is 362. The van der Waals surface area contributed by atoms with E-state index in [1.807, 2.05) is 0 Å². The highest BCUT2D eigenvalue weighted by Gasteiger charge is 2.38. The van der Waals surface area contributed by atoms with Gasteiger partial charge in [-0.15, -0.1) is 0 Å². The van der Waals surface area contributed by atoms with Gasteiger partial charge in [-0.3, -0.25) is 0 Å². The van der Waals surface area contributed by atoms with E-state index < -0.39 is 9.84 Å². The number of sulfone groups is 1. The summed E-state index contributed by atoms with van der Waals surface area (Å²) >= 11 is 0. The van der Waals surface area contributed by atoms with E-state index in [0.29, 0.717) is 11.8 Å². The van der Waals surface area contributed by atoms with Gasteiger partial charge in [0.05, 0.1) is 5.25 Å². The maximum absolute atomic E-state index is 11.6. The highest BCUT2D eigenvalue weighted by molar-refractivity contribution is 7.91. The third-order valence-corrected chi connectivity index (χ3v) is 6.43. The van der Waals surface area contributed by atoms with E-state index in [9.17, 15) is 8.42 Å². The lowest BCUT2D eigenvalue weighted by molar-refractivity contribution is 0.239. The number of hydrogen-bond donors (Lipinski definition) is 1. The Labute approximate surface area is 105 Å². The smallest absolute Gasteiger partial charge is 0.150 e. The Morgan fingerprint density at radius 2 is 1.76 bits per heavy atom. The first-order chi connectivity index (χ1) is 7.89. The molecule has 2 fully saturated rings. The van der Waals surface area contributed by atoms with E-state index in [4.69, 9.17) is 5.73 Å². The van der Waals surface area contributed by atoms with Gasteiger partial charge in [-0.05, 0) is 49.9 Å². The summed E-state index contributed by atoms with van der Waals surface area (Å²) in [5.74, 6) is 1.79. The predicted octanol–water partition coefficient (Wildman–Crippen LogP) is 1.96. The molecule has 0 amide bonds. The molecule has 0 radical (unpaired) electrons. The maximum atomic E-state index is 11.6. The zero-order chi connectivity index (χ0) is 12.6. The molecule has 4 unspecified atom stereocenters. The lowest BCUT2D eigenvalue weighted by Crippen LogP contribution is -2.42. The van der Waals surface area contributed by atoms with Crippen LogP contribution in [-0.2, 0) is 9.84 Å². The van der Waals surface area contributed by atoms with E-state index in [1.165, 1.54) is 19.1 Å². The van der Waals surface area contributed by atoms with Crippen LogP contribution in [0.25, 0.3) is 0 Å². The Kier molecular flexibility index (Phi) is 3.83. The second-order valence-electron chi connectivity index (χ2n) is 6.15. The van der Waals surface area contributed by atoms with Crippen molar-refractivity contribution in [1.29, 1.82) is 0 Å². The standard InChI is InChI=1S/C13H25NO2S/c1-9(10-6-7-10)13(14)11-4-3-5-12(8-11)17(2,15)16/h9-13H,3-8,14H2,1-2H3. The minimum atomic E-state index is -2.88. The zero-order valence-corrected chi connectivity index (χ0v) is 11.7. The molecule has 4 heteroatoms. The van der Waals surface area contributed by atoms with Gasteiger partial charge in [0.25, 0.3) is 0 Å². The van der Waals surface area contributed by atoms with Crippen LogP contribution in [0.2, 0.25) is 0 Å². The van der Waals surface area contributed by atoms with Crippen LogP contribution < -0.4 is 5.73 Å². The van der Waals surface area contributed by atoms with Crippen LogP contribution in [0.5, 0.6) is 0 Å². The average Bonchev–Trinajstić information content (AvgIpc) is 3.10. The van der Waals surface area contributed by atoms with Crippen LogP contribution in [-0.4, -0.2) is 26.0 Å². The third kappa shape index (κ3) is 3.22. The van der Waals surface area contributed by atoms with Crippen molar-refractivity contribution < 1.29 is 8.42 Å². The van der Waals surface area contributed by atoms with Gasteiger partial charge in [-0.25, -0.2) is 8.42 Å². The predicted molar refractivity (Wildman–Crippen MR) is 70.5 cm³/mol. The fourth-order valence-corrected chi connectivity index (χ4v) is 4.48. The Hall–Kier alpha value is -0.0900. The molecule has 0 spiro atoms. The molecule has 2 aliphatic rings. The molecule has 0 aromatic carbocycles. The van der Waals surface area contributed by atoms with Crippen molar-refractivity contribution in [3.8, 4) is 0 Å². The highest BCUT2D eigenvalue weighted by Crippen LogP contribution is 2.41. The molecule has 0 aromatic heterocycles. The van der Waals surface area contributed by atoms with E-state index in [0.717, 1.165) is 31.6 Å². The number of rotatable bonds is 4. The SMILES string of the molecule is CC(C1CC1)C(N)C1CCCC(S(C)(=O)=O)C1. The second kappa shape index (κ2) is 4.88. The first-order valence-corrected chi connectivity index (χ1v) is 8.79. The van der Waals surface area contributed by atoms with E-state index in [2.05, 4.69) is 6.92 Å². The first kappa shape index (κ1) is 13.3. The van der Waals surface area contributed by atoms with E-state index in [-0.39, 0.29) is 11.3 Å².